The van der Waals surface area contributed by atoms with Gasteiger partial charge in [-0.3, -0.25) is 14.4 Å². The number of carbonyl (C=O) groups is 4. The molecule has 7 N–H and O–H groups in total. The highest BCUT2D eigenvalue weighted by atomic mass is 16.6. The van der Waals surface area contributed by atoms with Gasteiger partial charge in [-0.2, -0.15) is 0 Å². The maximum atomic E-state index is 13.4. The van der Waals surface area contributed by atoms with E-state index in [0.717, 1.165) is 11.1 Å². The van der Waals surface area contributed by atoms with Crippen LogP contribution in [0.3, 0.4) is 0 Å². The summed E-state index contributed by atoms with van der Waals surface area (Å²) in [5.74, 6) is -2.63. The maximum Gasteiger partial charge on any atom is 0.405 e. The van der Waals surface area contributed by atoms with Crippen LogP contribution < -0.4 is 22.1 Å². The third kappa shape index (κ3) is 9.92. The summed E-state index contributed by atoms with van der Waals surface area (Å²) in [5.41, 5.74) is 11.0. The number of hydrogen-bond acceptors (Lipinski definition) is 6. The van der Waals surface area contributed by atoms with Crippen molar-refractivity contribution < 1.29 is 29.0 Å². The minimum atomic E-state index is -1.64. The molecule has 0 fully saturated rings. The highest BCUT2D eigenvalue weighted by Crippen LogP contribution is 2.21. The van der Waals surface area contributed by atoms with Crippen molar-refractivity contribution in [2.45, 2.75) is 63.8 Å². The van der Waals surface area contributed by atoms with Crippen molar-refractivity contribution in [3.05, 3.63) is 71.8 Å². The number of benzene rings is 2. The molecule has 0 aliphatic heterocycles. The number of primary amides is 2. The van der Waals surface area contributed by atoms with E-state index in [9.17, 15) is 24.3 Å². The molecule has 2 aromatic carbocycles. The van der Waals surface area contributed by atoms with Gasteiger partial charge in [-0.15, -0.1) is 0 Å². The number of aliphatic hydroxyl groups excluding tert-OH is 1. The van der Waals surface area contributed by atoms with E-state index < -0.39 is 53.5 Å². The van der Waals surface area contributed by atoms with Crippen molar-refractivity contribution in [2.75, 3.05) is 0 Å². The van der Waals surface area contributed by atoms with E-state index in [1.165, 1.54) is 0 Å². The molecule has 0 heterocycles. The molecule has 0 saturated heterocycles. The van der Waals surface area contributed by atoms with E-state index in [-0.39, 0.29) is 19.3 Å². The number of hydrogen-bond donors (Lipinski definition) is 5. The van der Waals surface area contributed by atoms with Crippen LogP contribution in [0.5, 0.6) is 0 Å². The zero-order valence-corrected chi connectivity index (χ0v) is 21.3. The Labute approximate surface area is 216 Å². The van der Waals surface area contributed by atoms with Crippen molar-refractivity contribution in [2.24, 2.45) is 17.4 Å². The van der Waals surface area contributed by atoms with Crippen molar-refractivity contribution >= 4 is 23.8 Å². The standard InChI is InChI=1S/C27H36N4O6/c1-17(16-27(2,3)37-26(29)36)24(34)31-21(15-19-12-8-5-9-13-19)25(35)30-20(22(32)23(28)33)14-18-10-6-4-7-11-18/h4-13,17,20-22,32H,14-16H2,1-3H3,(H2,28,33)(H2,29,36)(H,30,35)(H,31,34)/t17-,20?,21-,22-/m0/s1. The first kappa shape index (κ1) is 29.3. The van der Waals surface area contributed by atoms with Crippen LogP contribution in [0.2, 0.25) is 0 Å². The van der Waals surface area contributed by atoms with Gasteiger partial charge in [0.15, 0.2) is 6.10 Å². The molecular weight excluding hydrogens is 476 g/mol. The fourth-order valence-electron chi connectivity index (χ4n) is 4.11. The topological polar surface area (TPSA) is 174 Å². The molecule has 4 amide bonds. The van der Waals surface area contributed by atoms with Gasteiger partial charge in [0.05, 0.1) is 6.04 Å². The van der Waals surface area contributed by atoms with Gasteiger partial charge in [0.25, 0.3) is 0 Å². The molecule has 2 rings (SSSR count). The lowest BCUT2D eigenvalue weighted by Crippen LogP contribution is -2.56. The Kier molecular flexibility index (Phi) is 10.6. The highest BCUT2D eigenvalue weighted by Gasteiger charge is 2.32. The van der Waals surface area contributed by atoms with Gasteiger partial charge in [-0.25, -0.2) is 4.79 Å². The summed E-state index contributed by atoms with van der Waals surface area (Å²) in [4.78, 5) is 49.4. The Bertz CT molecular complexity index is 1060. The van der Waals surface area contributed by atoms with Crippen LogP contribution in [0, 0.1) is 5.92 Å². The number of carbonyl (C=O) groups excluding carboxylic acids is 4. The van der Waals surface area contributed by atoms with Gasteiger partial charge in [-0.1, -0.05) is 67.6 Å². The van der Waals surface area contributed by atoms with Crippen molar-refractivity contribution in [1.29, 1.82) is 0 Å². The zero-order valence-electron chi connectivity index (χ0n) is 21.3. The molecule has 2 aromatic rings. The molecule has 4 atom stereocenters. The second-order valence-electron chi connectivity index (χ2n) is 9.69. The molecule has 0 aliphatic carbocycles. The van der Waals surface area contributed by atoms with Crippen LogP contribution in [0.1, 0.15) is 38.3 Å². The average molecular weight is 513 g/mol. The molecule has 0 aromatic heterocycles. The normalized spacial score (nSPS) is 14.5. The van der Waals surface area contributed by atoms with Gasteiger partial charge in [0.2, 0.25) is 17.7 Å². The number of nitrogens with one attached hydrogen (secondary N) is 2. The highest BCUT2D eigenvalue weighted by molar-refractivity contribution is 5.89. The lowest BCUT2D eigenvalue weighted by atomic mass is 9.93. The summed E-state index contributed by atoms with van der Waals surface area (Å²) in [6.45, 7) is 4.91. The molecule has 0 radical (unpaired) electrons. The van der Waals surface area contributed by atoms with E-state index in [1.807, 2.05) is 36.4 Å². The number of ether oxygens (including phenoxy) is 1. The summed E-state index contributed by atoms with van der Waals surface area (Å²) < 4.78 is 5.07. The molecular formula is C27H36N4O6. The average Bonchev–Trinajstić information content (AvgIpc) is 2.82. The van der Waals surface area contributed by atoms with Gasteiger partial charge in [0, 0.05) is 12.3 Å². The summed E-state index contributed by atoms with van der Waals surface area (Å²) in [6.07, 6.45) is -2.10. The first-order valence-corrected chi connectivity index (χ1v) is 12.0. The largest absolute Gasteiger partial charge is 0.444 e. The predicted molar refractivity (Wildman–Crippen MR) is 138 cm³/mol. The third-order valence-corrected chi connectivity index (χ3v) is 5.84. The second-order valence-corrected chi connectivity index (χ2v) is 9.69. The number of nitrogens with two attached hydrogens (primary N) is 2. The summed E-state index contributed by atoms with van der Waals surface area (Å²) >= 11 is 0. The Balaban J connectivity index is 2.22. The number of amides is 4. The Morgan fingerprint density at radius 2 is 1.38 bits per heavy atom. The van der Waals surface area contributed by atoms with Gasteiger partial charge in [-0.05, 0) is 37.8 Å². The van der Waals surface area contributed by atoms with E-state index in [1.54, 1.807) is 45.0 Å². The second kappa shape index (κ2) is 13.4. The zero-order chi connectivity index (χ0) is 27.6. The predicted octanol–water partition coefficient (Wildman–Crippen LogP) is 1.19. The van der Waals surface area contributed by atoms with Crippen LogP contribution in [-0.4, -0.2) is 52.7 Å². The fourth-order valence-corrected chi connectivity index (χ4v) is 4.11. The molecule has 10 nitrogen and oxygen atoms in total. The van der Waals surface area contributed by atoms with E-state index >= 15 is 0 Å². The van der Waals surface area contributed by atoms with Crippen LogP contribution in [0.25, 0.3) is 0 Å². The maximum absolute atomic E-state index is 13.4. The molecule has 0 bridgehead atoms. The lowest BCUT2D eigenvalue weighted by molar-refractivity contribution is -0.134. The van der Waals surface area contributed by atoms with E-state index in [0.29, 0.717) is 0 Å². The van der Waals surface area contributed by atoms with E-state index in [4.69, 9.17) is 16.2 Å². The number of rotatable bonds is 13. The Morgan fingerprint density at radius 1 is 0.865 bits per heavy atom. The molecule has 37 heavy (non-hydrogen) atoms. The van der Waals surface area contributed by atoms with Gasteiger partial charge in [0.1, 0.15) is 11.6 Å². The van der Waals surface area contributed by atoms with Crippen LogP contribution in [-0.2, 0) is 32.0 Å². The van der Waals surface area contributed by atoms with Crippen molar-refractivity contribution in [3.8, 4) is 0 Å². The third-order valence-electron chi connectivity index (χ3n) is 5.84. The van der Waals surface area contributed by atoms with Crippen molar-refractivity contribution in [3.63, 3.8) is 0 Å². The Hall–Kier alpha value is -3.92. The first-order valence-electron chi connectivity index (χ1n) is 12.0. The van der Waals surface area contributed by atoms with Crippen LogP contribution >= 0.6 is 0 Å². The minimum absolute atomic E-state index is 0.151. The monoisotopic (exact) mass is 512 g/mol. The summed E-state index contributed by atoms with van der Waals surface area (Å²) in [6, 6.07) is 16.1. The number of aliphatic hydroxyl groups is 1. The lowest BCUT2D eigenvalue weighted by Gasteiger charge is -2.29. The van der Waals surface area contributed by atoms with Crippen molar-refractivity contribution in [1.82, 2.24) is 10.6 Å². The SMILES string of the molecule is C[C@@H](CC(C)(C)OC(N)=O)C(=O)N[C@@H](Cc1ccccc1)C(=O)NC(Cc1ccccc1)[C@H](O)C(N)=O. The van der Waals surface area contributed by atoms with Gasteiger partial charge < -0.3 is 31.9 Å². The van der Waals surface area contributed by atoms with E-state index in [2.05, 4.69) is 10.6 Å². The molecule has 1 unspecified atom stereocenters. The molecule has 0 saturated carbocycles. The molecule has 200 valence electrons. The quantitative estimate of drug-likeness (QED) is 0.269. The molecule has 10 heteroatoms. The van der Waals surface area contributed by atoms with Gasteiger partial charge >= 0.3 is 6.09 Å². The fraction of sp³-hybridized carbons (Fsp3) is 0.407. The van der Waals surface area contributed by atoms with Crippen LogP contribution in [0.4, 0.5) is 4.79 Å². The smallest absolute Gasteiger partial charge is 0.405 e. The molecule has 0 spiro atoms. The Morgan fingerprint density at radius 3 is 1.86 bits per heavy atom. The minimum Gasteiger partial charge on any atom is -0.444 e. The van der Waals surface area contributed by atoms with Crippen LogP contribution in [0.15, 0.2) is 60.7 Å². The summed E-state index contributed by atoms with van der Waals surface area (Å²) in [5, 5.41) is 15.9. The summed E-state index contributed by atoms with van der Waals surface area (Å²) in [7, 11) is 0. The molecule has 0 aliphatic rings. The first-order chi connectivity index (χ1) is 17.4.